The number of rotatable bonds is 7. The number of hydrogen-bond donors (Lipinski definition) is 4. The van der Waals surface area contributed by atoms with E-state index in [1.807, 2.05) is 6.92 Å². The SMILES string of the molecule is C[C@H](CO)N1C[C@H](C)[C@H](CN(C)C(=O)Nc2ccc3c(c2)OCO3)Oc2ccc(NC(=O)Nc3ccc(F)cc3)cc2C1=O. The van der Waals surface area contributed by atoms with Gasteiger partial charge in [0.05, 0.1) is 24.8 Å². The normalized spacial score (nSPS) is 17.8. The average Bonchev–Trinajstić information content (AvgIpc) is 3.48. The van der Waals surface area contributed by atoms with Gasteiger partial charge in [-0.05, 0) is 61.5 Å². The maximum Gasteiger partial charge on any atom is 0.323 e. The smallest absolute Gasteiger partial charge is 0.323 e. The van der Waals surface area contributed by atoms with E-state index in [4.69, 9.17) is 14.2 Å². The van der Waals surface area contributed by atoms with E-state index in [0.29, 0.717) is 28.6 Å². The van der Waals surface area contributed by atoms with Gasteiger partial charge < -0.3 is 45.1 Å². The van der Waals surface area contributed by atoms with E-state index in [2.05, 4.69) is 16.0 Å². The van der Waals surface area contributed by atoms with Crippen molar-refractivity contribution in [2.45, 2.75) is 26.0 Å². The van der Waals surface area contributed by atoms with Crippen molar-refractivity contribution in [3.8, 4) is 17.2 Å². The van der Waals surface area contributed by atoms with Gasteiger partial charge >= 0.3 is 12.1 Å². The number of halogens is 1. The van der Waals surface area contributed by atoms with E-state index < -0.39 is 24.0 Å². The molecule has 3 aromatic carbocycles. The topological polar surface area (TPSA) is 142 Å². The van der Waals surface area contributed by atoms with Crippen LogP contribution in [0.25, 0.3) is 0 Å². The number of nitrogens with one attached hydrogen (secondary N) is 3. The summed E-state index contributed by atoms with van der Waals surface area (Å²) in [4.78, 5) is 42.4. The lowest BCUT2D eigenvalue weighted by Crippen LogP contribution is -2.50. The van der Waals surface area contributed by atoms with E-state index >= 15 is 0 Å². The van der Waals surface area contributed by atoms with Crippen LogP contribution in [0.3, 0.4) is 0 Å². The number of carbonyl (C=O) groups excluding carboxylic acids is 3. The fraction of sp³-hybridized carbons (Fsp3) is 0.323. The van der Waals surface area contributed by atoms with Crippen molar-refractivity contribution in [2.24, 2.45) is 5.92 Å². The molecule has 0 spiro atoms. The third-order valence-electron chi connectivity index (χ3n) is 7.45. The molecule has 2 heterocycles. The van der Waals surface area contributed by atoms with E-state index in [1.54, 1.807) is 49.2 Å². The van der Waals surface area contributed by atoms with Gasteiger partial charge in [0.15, 0.2) is 11.5 Å². The minimum absolute atomic E-state index is 0.125. The Morgan fingerprint density at radius 3 is 2.34 bits per heavy atom. The average molecular weight is 608 g/mol. The summed E-state index contributed by atoms with van der Waals surface area (Å²) >= 11 is 0. The van der Waals surface area contributed by atoms with Crippen LogP contribution in [0.1, 0.15) is 24.2 Å². The van der Waals surface area contributed by atoms with Gasteiger partial charge in [0.2, 0.25) is 6.79 Å². The molecule has 0 saturated heterocycles. The molecule has 13 heteroatoms. The molecule has 0 radical (unpaired) electrons. The molecule has 0 aliphatic carbocycles. The Morgan fingerprint density at radius 1 is 0.977 bits per heavy atom. The first-order valence-corrected chi connectivity index (χ1v) is 14.1. The van der Waals surface area contributed by atoms with Gasteiger partial charge in [-0.1, -0.05) is 6.92 Å². The summed E-state index contributed by atoms with van der Waals surface area (Å²) in [6.07, 6.45) is -0.525. The van der Waals surface area contributed by atoms with Crippen LogP contribution >= 0.6 is 0 Å². The van der Waals surface area contributed by atoms with Gasteiger partial charge in [-0.25, -0.2) is 14.0 Å². The number of amides is 5. The van der Waals surface area contributed by atoms with Crippen molar-refractivity contribution in [2.75, 3.05) is 49.5 Å². The van der Waals surface area contributed by atoms with Gasteiger partial charge in [0.25, 0.3) is 5.91 Å². The molecule has 3 atom stereocenters. The van der Waals surface area contributed by atoms with Crippen LogP contribution in [0, 0.1) is 11.7 Å². The number of carbonyl (C=O) groups is 3. The van der Waals surface area contributed by atoms with Crippen molar-refractivity contribution < 1.29 is 38.1 Å². The molecular weight excluding hydrogens is 573 g/mol. The first kappa shape index (κ1) is 30.4. The zero-order valence-electron chi connectivity index (χ0n) is 24.5. The lowest BCUT2D eigenvalue weighted by molar-refractivity contribution is 0.0371. The Bertz CT molecular complexity index is 1540. The summed E-state index contributed by atoms with van der Waals surface area (Å²) in [7, 11) is 1.64. The number of likely N-dealkylation sites (N-methyl/N-ethyl adjacent to an activating group) is 1. The molecule has 5 amide bonds. The second-order valence-electron chi connectivity index (χ2n) is 10.8. The molecule has 0 bridgehead atoms. The molecule has 2 aliphatic rings. The van der Waals surface area contributed by atoms with Gasteiger partial charge in [-0.15, -0.1) is 0 Å². The number of urea groups is 2. The molecule has 4 N–H and O–H groups in total. The lowest BCUT2D eigenvalue weighted by atomic mass is 9.99. The molecule has 0 saturated carbocycles. The molecule has 2 aliphatic heterocycles. The molecule has 3 aromatic rings. The Kier molecular flexibility index (Phi) is 9.04. The second-order valence-corrected chi connectivity index (χ2v) is 10.8. The Balaban J connectivity index is 1.33. The molecule has 44 heavy (non-hydrogen) atoms. The molecule has 0 unspecified atom stereocenters. The third-order valence-corrected chi connectivity index (χ3v) is 7.45. The van der Waals surface area contributed by atoms with Crippen molar-refractivity contribution in [1.29, 1.82) is 0 Å². The summed E-state index contributed by atoms with van der Waals surface area (Å²) < 4.78 is 30.3. The van der Waals surface area contributed by atoms with Gasteiger partial charge in [-0.3, -0.25) is 4.79 Å². The number of ether oxygens (including phenoxy) is 3. The van der Waals surface area contributed by atoms with Crippen LogP contribution in [0.5, 0.6) is 17.2 Å². The second kappa shape index (κ2) is 13.1. The summed E-state index contributed by atoms with van der Waals surface area (Å²) in [6.45, 7) is 3.97. The summed E-state index contributed by atoms with van der Waals surface area (Å²) in [5, 5.41) is 18.1. The number of benzene rings is 3. The fourth-order valence-electron chi connectivity index (χ4n) is 4.89. The molecule has 0 fully saturated rings. The monoisotopic (exact) mass is 607 g/mol. The number of hydrogen-bond acceptors (Lipinski definition) is 7. The van der Waals surface area contributed by atoms with Crippen LogP contribution in [0.2, 0.25) is 0 Å². The maximum absolute atomic E-state index is 13.7. The molecular formula is C31H34FN5O7. The number of nitrogens with zero attached hydrogens (tertiary/aromatic N) is 2. The highest BCUT2D eigenvalue weighted by atomic mass is 19.1. The van der Waals surface area contributed by atoms with E-state index in [9.17, 15) is 23.9 Å². The van der Waals surface area contributed by atoms with Gasteiger partial charge in [-0.2, -0.15) is 0 Å². The highest BCUT2D eigenvalue weighted by Gasteiger charge is 2.34. The molecule has 5 rings (SSSR count). The Hall–Kier alpha value is -5.04. The molecule has 12 nitrogen and oxygen atoms in total. The van der Waals surface area contributed by atoms with Crippen LogP contribution in [-0.4, -0.2) is 78.6 Å². The molecule has 232 valence electrons. The quantitative estimate of drug-likeness (QED) is 0.308. The third kappa shape index (κ3) is 6.94. The standard InChI is InChI=1S/C31H34FN5O7/c1-18-14-37(19(2)16-38)29(39)24-12-22(34-30(40)33-21-6-4-20(32)5-7-21)8-10-25(24)44-28(18)15-36(3)31(41)35-23-9-11-26-27(13-23)43-17-42-26/h4-13,18-19,28,38H,14-17H2,1-3H3,(H,35,41)(H2,33,34,40)/t18-,19+,28-/m0/s1. The first-order chi connectivity index (χ1) is 21.1. The van der Waals surface area contributed by atoms with Crippen LogP contribution < -0.4 is 30.2 Å². The van der Waals surface area contributed by atoms with E-state index in [-0.39, 0.29) is 55.7 Å². The Labute approximate surface area is 253 Å². The van der Waals surface area contributed by atoms with Crippen molar-refractivity contribution >= 4 is 35.0 Å². The predicted octanol–water partition coefficient (Wildman–Crippen LogP) is 4.58. The summed E-state index contributed by atoms with van der Waals surface area (Å²) in [5.74, 6) is 0.403. The van der Waals surface area contributed by atoms with Crippen molar-refractivity contribution in [3.05, 3.63) is 72.0 Å². The van der Waals surface area contributed by atoms with Gasteiger partial charge in [0.1, 0.15) is 17.7 Å². The van der Waals surface area contributed by atoms with Crippen molar-refractivity contribution in [1.82, 2.24) is 9.80 Å². The number of fused-ring (bicyclic) bond motifs is 2. The summed E-state index contributed by atoms with van der Waals surface area (Å²) in [6, 6.07) is 13.7. The van der Waals surface area contributed by atoms with Crippen LogP contribution in [0.4, 0.5) is 31.0 Å². The largest absolute Gasteiger partial charge is 0.487 e. The predicted molar refractivity (Wildman–Crippen MR) is 161 cm³/mol. The number of aliphatic hydroxyl groups is 1. The highest BCUT2D eigenvalue weighted by molar-refractivity contribution is 6.02. The Morgan fingerprint density at radius 2 is 1.61 bits per heavy atom. The maximum atomic E-state index is 13.7. The zero-order valence-corrected chi connectivity index (χ0v) is 24.5. The minimum atomic E-state index is -0.585. The molecule has 0 aromatic heterocycles. The number of anilines is 3. The zero-order chi connectivity index (χ0) is 31.4. The summed E-state index contributed by atoms with van der Waals surface area (Å²) in [5.41, 5.74) is 1.44. The minimum Gasteiger partial charge on any atom is -0.487 e. The van der Waals surface area contributed by atoms with Gasteiger partial charge in [0, 0.05) is 42.6 Å². The van der Waals surface area contributed by atoms with Crippen LogP contribution in [0.15, 0.2) is 60.7 Å². The first-order valence-electron chi connectivity index (χ1n) is 14.1. The number of aliphatic hydroxyl groups excluding tert-OH is 1. The van der Waals surface area contributed by atoms with Crippen molar-refractivity contribution in [3.63, 3.8) is 0 Å². The lowest BCUT2D eigenvalue weighted by Gasteiger charge is -2.38. The fourth-order valence-corrected chi connectivity index (χ4v) is 4.89. The van der Waals surface area contributed by atoms with Crippen LogP contribution in [-0.2, 0) is 0 Å². The van der Waals surface area contributed by atoms with E-state index in [0.717, 1.165) is 0 Å². The van der Waals surface area contributed by atoms with E-state index in [1.165, 1.54) is 35.2 Å². The highest BCUT2D eigenvalue weighted by Crippen LogP contribution is 2.34.